The number of aromatic nitrogens is 2. The maximum atomic E-state index is 14.2. The number of ketones is 1. The van der Waals surface area contributed by atoms with Crippen LogP contribution < -0.4 is 16.0 Å². The molecule has 2 aromatic heterocycles. The van der Waals surface area contributed by atoms with E-state index in [9.17, 15) is 23.9 Å². The van der Waals surface area contributed by atoms with Gasteiger partial charge in [0.1, 0.15) is 11.6 Å². The zero-order chi connectivity index (χ0) is 29.1. The number of anilines is 1. The van der Waals surface area contributed by atoms with E-state index < -0.39 is 23.7 Å². The van der Waals surface area contributed by atoms with Gasteiger partial charge < -0.3 is 26.2 Å². The number of hydrogen-bond donors (Lipinski definition) is 5. The number of nitrogens with zero attached hydrogens (tertiary/aromatic N) is 2. The van der Waals surface area contributed by atoms with Crippen LogP contribution in [0.25, 0.3) is 22.3 Å². The third-order valence-corrected chi connectivity index (χ3v) is 7.34. The van der Waals surface area contributed by atoms with Crippen LogP contribution in [0.1, 0.15) is 56.8 Å². The molecule has 12 heteroatoms. The van der Waals surface area contributed by atoms with Gasteiger partial charge in [-0.1, -0.05) is 25.4 Å². The first-order chi connectivity index (χ1) is 18.9. The van der Waals surface area contributed by atoms with Crippen molar-refractivity contribution in [1.82, 2.24) is 20.6 Å². The van der Waals surface area contributed by atoms with Crippen molar-refractivity contribution < 1.29 is 29.0 Å². The van der Waals surface area contributed by atoms with Crippen LogP contribution >= 0.6 is 11.6 Å². The number of fused-ring (bicyclic) bond motifs is 1. The molecule has 4 rings (SSSR count). The second-order valence-electron chi connectivity index (χ2n) is 10.3. The van der Waals surface area contributed by atoms with Crippen molar-refractivity contribution in [3.05, 3.63) is 46.9 Å². The smallest absolute Gasteiger partial charge is 0.405 e. The summed E-state index contributed by atoms with van der Waals surface area (Å²) in [4.78, 5) is 45.3. The molecule has 1 saturated carbocycles. The molecule has 3 aromatic rings. The van der Waals surface area contributed by atoms with E-state index in [2.05, 4.69) is 25.9 Å². The molecular weight excluding hydrogens is 541 g/mol. The second kappa shape index (κ2) is 12.0. The SMILES string of the molecule is CC(=O)c1cnc2ccc(-c3cc(F)c(O)c(Cl)c3)nc2c1N[C@H]1CC[C@H](NC(=O)C(NC(=O)O)C(C)C)CC1. The third-order valence-electron chi connectivity index (χ3n) is 7.05. The van der Waals surface area contributed by atoms with Gasteiger partial charge in [-0.3, -0.25) is 14.6 Å². The average molecular weight is 572 g/mol. The van der Waals surface area contributed by atoms with Crippen LogP contribution in [0.15, 0.2) is 30.5 Å². The molecule has 0 bridgehead atoms. The zero-order valence-electron chi connectivity index (χ0n) is 22.3. The summed E-state index contributed by atoms with van der Waals surface area (Å²) in [7, 11) is 0. The Morgan fingerprint density at radius 3 is 2.38 bits per heavy atom. The Hall–Kier alpha value is -3.99. The number of aromatic hydroxyl groups is 1. The van der Waals surface area contributed by atoms with Gasteiger partial charge in [-0.15, -0.1) is 0 Å². The van der Waals surface area contributed by atoms with Crippen LogP contribution in [0.3, 0.4) is 0 Å². The van der Waals surface area contributed by atoms with Crippen LogP contribution in [0, 0.1) is 11.7 Å². The van der Waals surface area contributed by atoms with Gasteiger partial charge in [0.2, 0.25) is 5.91 Å². The van der Waals surface area contributed by atoms with Gasteiger partial charge in [0.25, 0.3) is 0 Å². The van der Waals surface area contributed by atoms with Crippen molar-refractivity contribution in [3.8, 4) is 17.0 Å². The minimum atomic E-state index is -1.25. The van der Waals surface area contributed by atoms with Gasteiger partial charge in [-0.25, -0.2) is 14.2 Å². The van der Waals surface area contributed by atoms with Gasteiger partial charge in [0.15, 0.2) is 17.3 Å². The summed E-state index contributed by atoms with van der Waals surface area (Å²) in [6.07, 6.45) is 2.93. The number of carbonyl (C=O) groups excluding carboxylic acids is 2. The van der Waals surface area contributed by atoms with Crippen LogP contribution in [-0.4, -0.2) is 56.1 Å². The quantitative estimate of drug-likeness (QED) is 0.233. The van der Waals surface area contributed by atoms with Crippen molar-refractivity contribution in [2.45, 2.75) is 64.6 Å². The monoisotopic (exact) mass is 571 g/mol. The highest BCUT2D eigenvalue weighted by atomic mass is 35.5. The number of Topliss-reactive ketones (excluding diaryl/α,β-unsaturated/α-hetero) is 1. The predicted molar refractivity (Wildman–Crippen MR) is 149 cm³/mol. The number of carbonyl (C=O) groups is 3. The molecule has 1 aliphatic rings. The summed E-state index contributed by atoms with van der Waals surface area (Å²) >= 11 is 5.97. The molecule has 40 heavy (non-hydrogen) atoms. The molecule has 2 heterocycles. The van der Waals surface area contributed by atoms with Crippen molar-refractivity contribution in [2.24, 2.45) is 5.92 Å². The summed E-state index contributed by atoms with van der Waals surface area (Å²) in [6.45, 7) is 4.99. The van der Waals surface area contributed by atoms with Gasteiger partial charge >= 0.3 is 6.09 Å². The zero-order valence-corrected chi connectivity index (χ0v) is 23.1. The van der Waals surface area contributed by atoms with E-state index in [-0.39, 0.29) is 34.7 Å². The Morgan fingerprint density at radius 1 is 1.10 bits per heavy atom. The molecule has 212 valence electrons. The summed E-state index contributed by atoms with van der Waals surface area (Å²) < 4.78 is 14.2. The number of hydrogen-bond acceptors (Lipinski definition) is 7. The van der Waals surface area contributed by atoms with Gasteiger partial charge in [-0.05, 0) is 62.8 Å². The number of phenols is 1. The lowest BCUT2D eigenvalue weighted by molar-refractivity contribution is -0.125. The number of pyridine rings is 2. The molecule has 10 nitrogen and oxygen atoms in total. The highest BCUT2D eigenvalue weighted by molar-refractivity contribution is 6.32. The first kappa shape index (κ1) is 29.0. The molecule has 1 aromatic carbocycles. The third kappa shape index (κ3) is 6.41. The maximum absolute atomic E-state index is 14.2. The number of halogens is 2. The highest BCUT2D eigenvalue weighted by Gasteiger charge is 2.29. The summed E-state index contributed by atoms with van der Waals surface area (Å²) in [6, 6.07) is 4.95. The molecule has 1 unspecified atom stereocenters. The number of nitrogens with one attached hydrogen (secondary N) is 3. The van der Waals surface area contributed by atoms with Crippen LogP contribution in [0.4, 0.5) is 14.9 Å². The molecule has 0 spiro atoms. The predicted octanol–water partition coefficient (Wildman–Crippen LogP) is 5.13. The minimum absolute atomic E-state index is 0.0269. The Morgan fingerprint density at radius 2 is 1.77 bits per heavy atom. The topological polar surface area (TPSA) is 154 Å². The van der Waals surface area contributed by atoms with E-state index >= 15 is 0 Å². The van der Waals surface area contributed by atoms with Gasteiger partial charge in [0, 0.05) is 23.8 Å². The largest absolute Gasteiger partial charge is 0.504 e. The van der Waals surface area contributed by atoms with Crippen molar-refractivity contribution in [2.75, 3.05) is 5.32 Å². The Bertz CT molecular complexity index is 1440. The van der Waals surface area contributed by atoms with Gasteiger partial charge in [-0.2, -0.15) is 0 Å². The number of rotatable bonds is 8. The highest BCUT2D eigenvalue weighted by Crippen LogP contribution is 2.34. The average Bonchev–Trinajstić information content (AvgIpc) is 2.90. The molecule has 0 aliphatic heterocycles. The lowest BCUT2D eigenvalue weighted by Gasteiger charge is -2.32. The van der Waals surface area contributed by atoms with Crippen molar-refractivity contribution >= 4 is 46.1 Å². The fourth-order valence-electron chi connectivity index (χ4n) is 4.90. The normalized spacial score (nSPS) is 17.9. The summed E-state index contributed by atoms with van der Waals surface area (Å²) in [5, 5.41) is 27.3. The van der Waals surface area contributed by atoms with E-state index in [1.54, 1.807) is 26.0 Å². The van der Waals surface area contributed by atoms with Crippen molar-refractivity contribution in [1.29, 1.82) is 0 Å². The molecule has 1 fully saturated rings. The van der Waals surface area contributed by atoms with E-state index in [1.807, 2.05) is 0 Å². The molecule has 1 atom stereocenters. The molecule has 2 amide bonds. The Labute approximate surface area is 235 Å². The Kier molecular flexibility index (Phi) is 8.73. The number of carboxylic acid groups (broad SMARTS) is 1. The fourth-order valence-corrected chi connectivity index (χ4v) is 5.11. The first-order valence-electron chi connectivity index (χ1n) is 13.0. The number of amides is 2. The van der Waals surface area contributed by atoms with E-state index in [1.165, 1.54) is 19.2 Å². The molecule has 0 radical (unpaired) electrons. The standard InChI is InChI=1S/C28H31ClFN5O5/c1-13(2)23(35-28(39)40)27(38)33-17-6-4-16(5-7-17)32-24-18(14(3)36)12-31-22-9-8-21(34-25(22)24)15-10-19(29)26(37)20(30)11-15/h8-13,16-17,23,35,37H,4-7H2,1-3H3,(H,31,32)(H,33,38)(H,39,40)/t16-,17-,23?. The minimum Gasteiger partial charge on any atom is -0.504 e. The van der Waals surface area contributed by atoms with Crippen LogP contribution in [0.5, 0.6) is 5.75 Å². The number of phenolic OH excluding ortho intramolecular Hbond substituents is 1. The first-order valence-corrected chi connectivity index (χ1v) is 13.4. The second-order valence-corrected chi connectivity index (χ2v) is 10.7. The summed E-state index contributed by atoms with van der Waals surface area (Å²) in [5.41, 5.74) is 2.59. The summed E-state index contributed by atoms with van der Waals surface area (Å²) in [5.74, 6) is -2.27. The number of benzene rings is 1. The lowest BCUT2D eigenvalue weighted by atomic mass is 9.90. The fraction of sp³-hybridized carbons (Fsp3) is 0.393. The lowest BCUT2D eigenvalue weighted by Crippen LogP contribution is -2.52. The molecular formula is C28H31ClFN5O5. The molecule has 1 aliphatic carbocycles. The van der Waals surface area contributed by atoms with E-state index in [4.69, 9.17) is 16.7 Å². The van der Waals surface area contributed by atoms with Gasteiger partial charge in [0.05, 0.1) is 27.5 Å². The van der Waals surface area contributed by atoms with Crippen molar-refractivity contribution in [3.63, 3.8) is 0 Å². The van der Waals surface area contributed by atoms with Crippen LogP contribution in [-0.2, 0) is 4.79 Å². The van der Waals surface area contributed by atoms with E-state index in [0.717, 1.165) is 6.07 Å². The van der Waals surface area contributed by atoms with E-state index in [0.29, 0.717) is 59.2 Å². The maximum Gasteiger partial charge on any atom is 0.405 e. The molecule has 0 saturated heterocycles. The molecule has 5 N–H and O–H groups in total. The Balaban J connectivity index is 1.55. The van der Waals surface area contributed by atoms with Crippen LogP contribution in [0.2, 0.25) is 5.02 Å².